The van der Waals surface area contributed by atoms with Crippen LogP contribution in [0.4, 0.5) is 16.2 Å². The van der Waals surface area contributed by atoms with Crippen LogP contribution in [0, 0.1) is 0 Å². The molecule has 2 heterocycles. The number of fused-ring (bicyclic) bond motifs is 1. The predicted octanol–water partition coefficient (Wildman–Crippen LogP) is 4.09. The minimum absolute atomic E-state index is 0.0519. The van der Waals surface area contributed by atoms with Crippen molar-refractivity contribution in [3.63, 3.8) is 0 Å². The summed E-state index contributed by atoms with van der Waals surface area (Å²) in [6, 6.07) is 19.5. The summed E-state index contributed by atoms with van der Waals surface area (Å²) in [6.07, 6.45) is 1.65. The van der Waals surface area contributed by atoms with Gasteiger partial charge in [-0.2, -0.15) is 0 Å². The van der Waals surface area contributed by atoms with Gasteiger partial charge in [0.15, 0.2) is 0 Å². The van der Waals surface area contributed by atoms with Gasteiger partial charge in [0.05, 0.1) is 23.6 Å². The molecular weight excluding hydrogens is 436 g/mol. The standard InChI is InChI=1S/C25H22N4O5/c1-2-33-24(31)17-10-12-18(13-11-17)27-25(32)28-20-7-3-4-8-21(20)34-16-19-15-23(30)29-14-6-5-9-22(29)26-19/h3-15H,2,16H2,1H3,(H2,27,28,32). The lowest BCUT2D eigenvalue weighted by Gasteiger charge is -2.13. The second-order valence-corrected chi connectivity index (χ2v) is 7.18. The summed E-state index contributed by atoms with van der Waals surface area (Å²) in [7, 11) is 0. The van der Waals surface area contributed by atoms with Crippen LogP contribution < -0.4 is 20.9 Å². The maximum Gasteiger partial charge on any atom is 0.338 e. The van der Waals surface area contributed by atoms with E-state index in [0.29, 0.717) is 34.0 Å². The van der Waals surface area contributed by atoms with Crippen molar-refractivity contribution in [1.82, 2.24) is 9.38 Å². The molecule has 0 spiro atoms. The zero-order chi connectivity index (χ0) is 23.9. The number of esters is 1. The normalized spacial score (nSPS) is 10.5. The first kappa shape index (κ1) is 22.5. The molecule has 2 aromatic carbocycles. The summed E-state index contributed by atoms with van der Waals surface area (Å²) in [6.45, 7) is 2.07. The Labute approximate surface area is 195 Å². The number of hydrogen-bond donors (Lipinski definition) is 2. The molecule has 2 N–H and O–H groups in total. The summed E-state index contributed by atoms with van der Waals surface area (Å²) in [5, 5.41) is 5.44. The quantitative estimate of drug-likeness (QED) is 0.404. The Balaban J connectivity index is 1.41. The minimum atomic E-state index is -0.484. The van der Waals surface area contributed by atoms with Crippen molar-refractivity contribution in [2.45, 2.75) is 13.5 Å². The number of benzene rings is 2. The molecule has 172 valence electrons. The smallest absolute Gasteiger partial charge is 0.338 e. The molecule has 4 aromatic rings. The van der Waals surface area contributed by atoms with Gasteiger partial charge in [-0.05, 0) is 55.5 Å². The lowest BCUT2D eigenvalue weighted by Crippen LogP contribution is -2.20. The lowest BCUT2D eigenvalue weighted by molar-refractivity contribution is 0.0526. The SMILES string of the molecule is CCOC(=O)c1ccc(NC(=O)Nc2ccccc2OCc2cc(=O)n3ccccc3n2)cc1. The van der Waals surface area contributed by atoms with Crippen molar-refractivity contribution < 1.29 is 19.1 Å². The molecule has 0 aliphatic carbocycles. The number of urea groups is 1. The Bertz CT molecular complexity index is 1380. The highest BCUT2D eigenvalue weighted by Crippen LogP contribution is 2.25. The van der Waals surface area contributed by atoms with Crippen molar-refractivity contribution in [2.24, 2.45) is 0 Å². The van der Waals surface area contributed by atoms with E-state index < -0.39 is 12.0 Å². The number of rotatable bonds is 7. The number of nitrogens with one attached hydrogen (secondary N) is 2. The molecule has 0 saturated carbocycles. The number of amides is 2. The Morgan fingerprint density at radius 1 is 0.971 bits per heavy atom. The fourth-order valence-electron chi connectivity index (χ4n) is 3.21. The average Bonchev–Trinajstić information content (AvgIpc) is 2.84. The molecular formula is C25H22N4O5. The van der Waals surface area contributed by atoms with Gasteiger partial charge in [0, 0.05) is 18.0 Å². The van der Waals surface area contributed by atoms with Crippen molar-refractivity contribution >= 4 is 29.0 Å². The van der Waals surface area contributed by atoms with Gasteiger partial charge < -0.3 is 20.1 Å². The van der Waals surface area contributed by atoms with Gasteiger partial charge in [0.1, 0.15) is 18.0 Å². The van der Waals surface area contributed by atoms with Gasteiger partial charge in [0.25, 0.3) is 5.56 Å². The Hall–Kier alpha value is -4.66. The molecule has 0 fully saturated rings. The molecule has 0 radical (unpaired) electrons. The van der Waals surface area contributed by atoms with Crippen molar-refractivity contribution in [3.05, 3.63) is 101 Å². The van der Waals surface area contributed by atoms with E-state index in [4.69, 9.17) is 9.47 Å². The first-order valence-electron chi connectivity index (χ1n) is 10.6. The van der Waals surface area contributed by atoms with Gasteiger partial charge in [-0.1, -0.05) is 18.2 Å². The van der Waals surface area contributed by atoms with Crippen molar-refractivity contribution in [3.8, 4) is 5.75 Å². The monoisotopic (exact) mass is 458 g/mol. The van der Waals surface area contributed by atoms with Crippen LogP contribution in [0.15, 0.2) is 83.8 Å². The third kappa shape index (κ3) is 5.39. The number of ether oxygens (including phenoxy) is 2. The second-order valence-electron chi connectivity index (χ2n) is 7.18. The second kappa shape index (κ2) is 10.3. The summed E-state index contributed by atoms with van der Waals surface area (Å²) < 4.78 is 12.2. The number of carbonyl (C=O) groups excluding carboxylic acids is 2. The number of hydrogen-bond acceptors (Lipinski definition) is 6. The van der Waals surface area contributed by atoms with Gasteiger partial charge in [0.2, 0.25) is 0 Å². The third-order valence-electron chi connectivity index (χ3n) is 4.79. The fraction of sp³-hybridized carbons (Fsp3) is 0.120. The van der Waals surface area contributed by atoms with E-state index in [0.717, 1.165) is 0 Å². The molecule has 0 atom stereocenters. The van der Waals surface area contributed by atoms with Gasteiger partial charge >= 0.3 is 12.0 Å². The van der Waals surface area contributed by atoms with Crippen molar-refractivity contribution in [2.75, 3.05) is 17.2 Å². The number of para-hydroxylation sites is 2. The number of anilines is 2. The van der Waals surface area contributed by atoms with Crippen molar-refractivity contribution in [1.29, 1.82) is 0 Å². The van der Waals surface area contributed by atoms with Crippen LogP contribution in [-0.2, 0) is 11.3 Å². The summed E-state index contributed by atoms with van der Waals surface area (Å²) >= 11 is 0. The number of aromatic nitrogens is 2. The molecule has 9 nitrogen and oxygen atoms in total. The topological polar surface area (TPSA) is 111 Å². The maximum atomic E-state index is 12.5. The lowest BCUT2D eigenvalue weighted by atomic mass is 10.2. The molecule has 9 heteroatoms. The van der Waals surface area contributed by atoms with E-state index in [1.807, 2.05) is 0 Å². The van der Waals surface area contributed by atoms with Crippen LogP contribution in [0.5, 0.6) is 5.75 Å². The zero-order valence-corrected chi connectivity index (χ0v) is 18.4. The largest absolute Gasteiger partial charge is 0.485 e. The number of nitrogens with zero attached hydrogens (tertiary/aromatic N) is 2. The van der Waals surface area contributed by atoms with Crippen LogP contribution >= 0.6 is 0 Å². The Morgan fingerprint density at radius 3 is 2.53 bits per heavy atom. The fourth-order valence-corrected chi connectivity index (χ4v) is 3.21. The molecule has 2 aromatic heterocycles. The zero-order valence-electron chi connectivity index (χ0n) is 18.4. The third-order valence-corrected chi connectivity index (χ3v) is 4.79. The van der Waals surface area contributed by atoms with Gasteiger partial charge in [-0.25, -0.2) is 14.6 Å². The summed E-state index contributed by atoms with van der Waals surface area (Å²) in [5.74, 6) is -0.00135. The molecule has 34 heavy (non-hydrogen) atoms. The predicted molar refractivity (Wildman–Crippen MR) is 127 cm³/mol. The molecule has 0 aliphatic heterocycles. The first-order valence-corrected chi connectivity index (χ1v) is 10.6. The van der Waals surface area contributed by atoms with E-state index in [2.05, 4.69) is 15.6 Å². The highest BCUT2D eigenvalue weighted by Gasteiger charge is 2.11. The maximum absolute atomic E-state index is 12.5. The molecule has 2 amide bonds. The highest BCUT2D eigenvalue weighted by molar-refractivity contribution is 6.01. The first-order chi connectivity index (χ1) is 16.5. The van der Waals surface area contributed by atoms with E-state index >= 15 is 0 Å². The van der Waals surface area contributed by atoms with E-state index in [1.165, 1.54) is 10.5 Å². The summed E-state index contributed by atoms with van der Waals surface area (Å²) in [5.41, 5.74) is 2.13. The van der Waals surface area contributed by atoms with Crippen LogP contribution in [0.3, 0.4) is 0 Å². The van der Waals surface area contributed by atoms with Crippen LogP contribution in [0.1, 0.15) is 23.0 Å². The van der Waals surface area contributed by atoms with Gasteiger partial charge in [-0.3, -0.25) is 9.20 Å². The molecule has 0 bridgehead atoms. The number of carbonyl (C=O) groups is 2. The van der Waals surface area contributed by atoms with Gasteiger partial charge in [-0.15, -0.1) is 0 Å². The average molecular weight is 458 g/mol. The molecule has 0 saturated heterocycles. The molecule has 0 unspecified atom stereocenters. The van der Waals surface area contributed by atoms with Crippen LogP contribution in [0.2, 0.25) is 0 Å². The molecule has 4 rings (SSSR count). The van der Waals surface area contributed by atoms with Crippen LogP contribution in [0.25, 0.3) is 5.65 Å². The Kier molecular flexibility index (Phi) is 6.83. The minimum Gasteiger partial charge on any atom is -0.485 e. The van der Waals surface area contributed by atoms with Crippen LogP contribution in [-0.4, -0.2) is 28.0 Å². The van der Waals surface area contributed by atoms with E-state index in [1.54, 1.807) is 79.9 Å². The Morgan fingerprint density at radius 2 is 1.74 bits per heavy atom. The number of pyridine rings is 1. The summed E-state index contributed by atoms with van der Waals surface area (Å²) in [4.78, 5) is 40.9. The van der Waals surface area contributed by atoms with E-state index in [9.17, 15) is 14.4 Å². The highest BCUT2D eigenvalue weighted by atomic mass is 16.5. The molecule has 0 aliphatic rings. The van der Waals surface area contributed by atoms with E-state index in [-0.39, 0.29) is 18.8 Å².